The molecular weight excluding hydrogens is 410 g/mol. The van der Waals surface area contributed by atoms with E-state index in [-0.39, 0.29) is 11.7 Å². The van der Waals surface area contributed by atoms with Crippen molar-refractivity contribution < 1.29 is 9.59 Å². The second-order valence-corrected chi connectivity index (χ2v) is 7.51. The zero-order valence-electron chi connectivity index (χ0n) is 16.2. The van der Waals surface area contributed by atoms with Gasteiger partial charge >= 0.3 is 0 Å². The molecule has 1 N–H and O–H groups in total. The fourth-order valence-corrected chi connectivity index (χ4v) is 3.78. The summed E-state index contributed by atoms with van der Waals surface area (Å²) < 4.78 is 1.73. The molecule has 0 aliphatic rings. The molecule has 150 valence electrons. The average molecular weight is 426 g/mol. The Bertz CT molecular complexity index is 1450. The summed E-state index contributed by atoms with van der Waals surface area (Å²) >= 11 is 5.95. The van der Waals surface area contributed by atoms with E-state index < -0.39 is 0 Å². The van der Waals surface area contributed by atoms with E-state index >= 15 is 0 Å². The van der Waals surface area contributed by atoms with E-state index in [0.29, 0.717) is 38.6 Å². The SMILES string of the molecule is O=C(Nc1cccc2cccnc12)c1cc(C(=O)c2ccc(Cl)cc2)n2ccccc12. The van der Waals surface area contributed by atoms with E-state index in [9.17, 15) is 9.59 Å². The molecule has 0 bridgehead atoms. The second-order valence-electron chi connectivity index (χ2n) is 7.07. The van der Waals surface area contributed by atoms with Gasteiger partial charge in [-0.05, 0) is 54.6 Å². The number of amides is 1. The summed E-state index contributed by atoms with van der Waals surface area (Å²) in [5.74, 6) is -0.499. The predicted octanol–water partition coefficient (Wildman–Crippen LogP) is 5.62. The van der Waals surface area contributed by atoms with Crippen LogP contribution in [0, 0.1) is 0 Å². The number of halogens is 1. The number of ketones is 1. The minimum atomic E-state index is -0.308. The highest BCUT2D eigenvalue weighted by Gasteiger charge is 2.21. The lowest BCUT2D eigenvalue weighted by molar-refractivity contribution is 0.102. The number of hydrogen-bond donors (Lipinski definition) is 1. The van der Waals surface area contributed by atoms with Crippen LogP contribution in [-0.4, -0.2) is 21.1 Å². The van der Waals surface area contributed by atoms with Crippen LogP contribution in [0.25, 0.3) is 16.4 Å². The number of anilines is 1. The van der Waals surface area contributed by atoms with E-state index in [1.165, 1.54) is 0 Å². The Hall–Kier alpha value is -3.96. The third-order valence-electron chi connectivity index (χ3n) is 5.14. The van der Waals surface area contributed by atoms with Crippen LogP contribution in [0.5, 0.6) is 0 Å². The molecular formula is C25H16ClN3O2. The van der Waals surface area contributed by atoms with Gasteiger partial charge < -0.3 is 9.72 Å². The number of rotatable bonds is 4. The highest BCUT2D eigenvalue weighted by molar-refractivity contribution is 6.30. The van der Waals surface area contributed by atoms with E-state index in [1.54, 1.807) is 47.1 Å². The van der Waals surface area contributed by atoms with Gasteiger partial charge in [-0.2, -0.15) is 0 Å². The Morgan fingerprint density at radius 2 is 1.71 bits per heavy atom. The number of para-hydroxylation sites is 1. The smallest absolute Gasteiger partial charge is 0.257 e. The summed E-state index contributed by atoms with van der Waals surface area (Å²) in [6.45, 7) is 0. The van der Waals surface area contributed by atoms with Crippen molar-refractivity contribution in [3.8, 4) is 0 Å². The fourth-order valence-electron chi connectivity index (χ4n) is 3.65. The Labute approximate surface area is 182 Å². The predicted molar refractivity (Wildman–Crippen MR) is 122 cm³/mol. The van der Waals surface area contributed by atoms with Crippen LogP contribution in [-0.2, 0) is 0 Å². The van der Waals surface area contributed by atoms with E-state index in [2.05, 4.69) is 10.3 Å². The van der Waals surface area contributed by atoms with Gasteiger partial charge in [-0.3, -0.25) is 14.6 Å². The molecule has 0 saturated heterocycles. The molecule has 31 heavy (non-hydrogen) atoms. The molecule has 0 unspecified atom stereocenters. The zero-order valence-corrected chi connectivity index (χ0v) is 17.0. The largest absolute Gasteiger partial charge is 0.320 e. The maximum Gasteiger partial charge on any atom is 0.257 e. The van der Waals surface area contributed by atoms with Gasteiger partial charge in [0, 0.05) is 28.4 Å². The molecule has 2 aromatic carbocycles. The van der Waals surface area contributed by atoms with Crippen LogP contribution < -0.4 is 5.32 Å². The molecule has 5 nitrogen and oxygen atoms in total. The molecule has 0 aliphatic carbocycles. The van der Waals surface area contributed by atoms with Crippen molar-refractivity contribution in [2.45, 2.75) is 0 Å². The topological polar surface area (TPSA) is 63.5 Å². The molecule has 0 saturated carbocycles. The Kier molecular flexibility index (Phi) is 4.73. The average Bonchev–Trinajstić information content (AvgIpc) is 3.19. The molecule has 1 amide bonds. The van der Waals surface area contributed by atoms with Gasteiger partial charge in [0.25, 0.3) is 5.91 Å². The van der Waals surface area contributed by atoms with Crippen molar-refractivity contribution >= 4 is 45.4 Å². The third kappa shape index (κ3) is 3.45. The maximum atomic E-state index is 13.2. The minimum absolute atomic E-state index is 0.191. The van der Waals surface area contributed by atoms with Gasteiger partial charge in [0.05, 0.1) is 28.0 Å². The van der Waals surface area contributed by atoms with Gasteiger partial charge in [-0.1, -0.05) is 35.9 Å². The van der Waals surface area contributed by atoms with E-state index in [0.717, 1.165) is 5.39 Å². The van der Waals surface area contributed by atoms with Gasteiger partial charge in [0.2, 0.25) is 5.78 Å². The van der Waals surface area contributed by atoms with Gasteiger partial charge in [-0.15, -0.1) is 0 Å². The molecule has 0 aliphatic heterocycles. The Morgan fingerprint density at radius 1 is 0.903 bits per heavy atom. The number of hydrogen-bond acceptors (Lipinski definition) is 3. The number of fused-ring (bicyclic) bond motifs is 2. The van der Waals surface area contributed by atoms with Crippen molar-refractivity contribution in [1.82, 2.24) is 9.38 Å². The molecule has 5 rings (SSSR count). The Balaban J connectivity index is 1.56. The lowest BCUT2D eigenvalue weighted by Gasteiger charge is -2.07. The summed E-state index contributed by atoms with van der Waals surface area (Å²) in [6.07, 6.45) is 3.46. The monoisotopic (exact) mass is 425 g/mol. The number of aromatic nitrogens is 2. The minimum Gasteiger partial charge on any atom is -0.320 e. The van der Waals surface area contributed by atoms with Crippen molar-refractivity contribution in [3.63, 3.8) is 0 Å². The summed E-state index contributed by atoms with van der Waals surface area (Å²) in [4.78, 5) is 30.7. The zero-order chi connectivity index (χ0) is 21.4. The maximum absolute atomic E-state index is 13.2. The molecule has 0 fully saturated rings. The van der Waals surface area contributed by atoms with Gasteiger partial charge in [-0.25, -0.2) is 0 Å². The molecule has 3 heterocycles. The first-order valence-corrected chi connectivity index (χ1v) is 10.0. The first-order chi connectivity index (χ1) is 15.1. The van der Waals surface area contributed by atoms with Crippen LogP contribution in [0.2, 0.25) is 5.02 Å². The number of carbonyl (C=O) groups is 2. The lowest BCUT2D eigenvalue weighted by atomic mass is 10.1. The second kappa shape index (κ2) is 7.70. The van der Waals surface area contributed by atoms with Crippen molar-refractivity contribution in [2.75, 3.05) is 5.32 Å². The normalized spacial score (nSPS) is 11.0. The summed E-state index contributed by atoms with van der Waals surface area (Å²) in [7, 11) is 0. The standard InChI is InChI=1S/C25H16ClN3O2/c26-18-11-9-17(10-12-18)24(30)22-15-19(21-8-1-2-14-29(21)22)25(31)28-20-7-3-5-16-6-4-13-27-23(16)20/h1-15H,(H,28,31). The lowest BCUT2D eigenvalue weighted by Crippen LogP contribution is -2.12. The van der Waals surface area contributed by atoms with Crippen LogP contribution in [0.1, 0.15) is 26.4 Å². The summed E-state index contributed by atoms with van der Waals surface area (Å²) in [5.41, 5.74) is 3.27. The number of carbonyl (C=O) groups excluding carboxylic acids is 2. The van der Waals surface area contributed by atoms with Crippen LogP contribution in [0.4, 0.5) is 5.69 Å². The number of pyridine rings is 2. The van der Waals surface area contributed by atoms with Gasteiger partial charge in [0.15, 0.2) is 0 Å². The van der Waals surface area contributed by atoms with Gasteiger partial charge in [0.1, 0.15) is 0 Å². The van der Waals surface area contributed by atoms with Crippen molar-refractivity contribution in [1.29, 1.82) is 0 Å². The quantitative estimate of drug-likeness (QED) is 0.380. The molecule has 0 atom stereocenters. The van der Waals surface area contributed by atoms with Crippen molar-refractivity contribution in [3.05, 3.63) is 113 Å². The highest BCUT2D eigenvalue weighted by atomic mass is 35.5. The summed E-state index contributed by atoms with van der Waals surface area (Å²) in [6, 6.07) is 23.2. The van der Waals surface area contributed by atoms with Crippen LogP contribution >= 0.6 is 11.6 Å². The van der Waals surface area contributed by atoms with Crippen LogP contribution in [0.15, 0.2) is 91.3 Å². The molecule has 3 aromatic heterocycles. The molecule has 0 radical (unpaired) electrons. The van der Waals surface area contributed by atoms with E-state index in [1.807, 2.05) is 48.5 Å². The molecule has 0 spiro atoms. The fraction of sp³-hybridized carbons (Fsp3) is 0. The summed E-state index contributed by atoms with van der Waals surface area (Å²) in [5, 5.41) is 4.44. The molecule has 6 heteroatoms. The van der Waals surface area contributed by atoms with Crippen LogP contribution in [0.3, 0.4) is 0 Å². The number of nitrogens with one attached hydrogen (secondary N) is 1. The molecule has 5 aromatic rings. The van der Waals surface area contributed by atoms with E-state index in [4.69, 9.17) is 11.6 Å². The first kappa shape index (κ1) is 19.0. The van der Waals surface area contributed by atoms with Crippen molar-refractivity contribution in [2.24, 2.45) is 0 Å². The number of benzene rings is 2. The number of nitrogens with zero attached hydrogens (tertiary/aromatic N) is 2. The Morgan fingerprint density at radius 3 is 2.55 bits per heavy atom. The highest BCUT2D eigenvalue weighted by Crippen LogP contribution is 2.25. The third-order valence-corrected chi connectivity index (χ3v) is 5.39. The first-order valence-electron chi connectivity index (χ1n) is 9.67.